The van der Waals surface area contributed by atoms with Gasteiger partial charge in [-0.15, -0.1) is 11.3 Å². The summed E-state index contributed by atoms with van der Waals surface area (Å²) in [7, 11) is 6.05. The second kappa shape index (κ2) is 7.04. The highest BCUT2D eigenvalue weighted by Gasteiger charge is 2.22. The lowest BCUT2D eigenvalue weighted by atomic mass is 10.1. The molecule has 0 spiro atoms. The summed E-state index contributed by atoms with van der Waals surface area (Å²) in [6.45, 7) is 1.75. The van der Waals surface area contributed by atoms with Gasteiger partial charge in [-0.05, 0) is 43.1 Å². The van der Waals surface area contributed by atoms with Crippen LogP contribution in [0.1, 0.15) is 16.6 Å². The van der Waals surface area contributed by atoms with Crippen LogP contribution < -0.4 is 5.32 Å². The minimum Gasteiger partial charge on any atom is -0.308 e. The first-order valence-electron chi connectivity index (χ1n) is 6.30. The quantitative estimate of drug-likeness (QED) is 0.839. The van der Waals surface area contributed by atoms with Crippen molar-refractivity contribution in [1.29, 1.82) is 0 Å². The zero-order valence-electron chi connectivity index (χ0n) is 11.7. The van der Waals surface area contributed by atoms with E-state index in [9.17, 15) is 0 Å². The maximum absolute atomic E-state index is 6.35. The minimum atomic E-state index is 0.0588. The van der Waals surface area contributed by atoms with Gasteiger partial charge in [-0.3, -0.25) is 4.68 Å². The summed E-state index contributed by atoms with van der Waals surface area (Å²) in [5.41, 5.74) is 1.02. The van der Waals surface area contributed by atoms with Crippen LogP contribution in [0.25, 0.3) is 0 Å². The number of hydrogen-bond acceptors (Lipinski definition) is 4. The average molecular weight is 378 g/mol. The molecule has 1 unspecified atom stereocenters. The number of rotatable bonds is 6. The van der Waals surface area contributed by atoms with Gasteiger partial charge < -0.3 is 10.2 Å². The van der Waals surface area contributed by atoms with E-state index in [1.54, 1.807) is 17.5 Å². The normalized spacial score (nSPS) is 13.1. The number of nitrogens with zero attached hydrogens (tertiary/aromatic N) is 3. The molecule has 0 aliphatic heterocycles. The Hall–Kier alpha value is -0.400. The molecule has 1 atom stereocenters. The molecule has 2 aromatic rings. The fourth-order valence-corrected chi connectivity index (χ4v) is 3.83. The summed E-state index contributed by atoms with van der Waals surface area (Å²) in [6.07, 6.45) is 1.72. The highest BCUT2D eigenvalue weighted by atomic mass is 79.9. The number of halogens is 2. The maximum Gasteiger partial charge on any atom is 0.0855 e. The molecule has 1 N–H and O–H groups in total. The van der Waals surface area contributed by atoms with Crippen molar-refractivity contribution in [2.75, 3.05) is 27.7 Å². The van der Waals surface area contributed by atoms with Crippen LogP contribution in [0.15, 0.2) is 22.1 Å². The monoisotopic (exact) mass is 376 g/mol. The molecular weight excluding hydrogens is 360 g/mol. The van der Waals surface area contributed by atoms with Gasteiger partial charge in [0.2, 0.25) is 0 Å². The fraction of sp³-hybridized carbons (Fsp3) is 0.462. The van der Waals surface area contributed by atoms with Gasteiger partial charge in [0, 0.05) is 21.3 Å². The van der Waals surface area contributed by atoms with Crippen molar-refractivity contribution in [2.45, 2.75) is 12.6 Å². The van der Waals surface area contributed by atoms with Crippen molar-refractivity contribution in [2.24, 2.45) is 0 Å². The van der Waals surface area contributed by atoms with Crippen molar-refractivity contribution in [3.63, 3.8) is 0 Å². The molecule has 2 heterocycles. The Balaban J connectivity index is 2.31. The van der Waals surface area contributed by atoms with E-state index in [0.29, 0.717) is 5.02 Å². The highest BCUT2D eigenvalue weighted by Crippen LogP contribution is 2.33. The van der Waals surface area contributed by atoms with Crippen LogP contribution in [0.5, 0.6) is 0 Å². The lowest BCUT2D eigenvalue weighted by molar-refractivity contribution is 0.366. The molecule has 0 aliphatic carbocycles. The molecule has 0 fully saturated rings. The van der Waals surface area contributed by atoms with E-state index < -0.39 is 0 Å². The van der Waals surface area contributed by atoms with Gasteiger partial charge in [0.25, 0.3) is 0 Å². The van der Waals surface area contributed by atoms with Crippen LogP contribution in [0, 0.1) is 0 Å². The van der Waals surface area contributed by atoms with Crippen molar-refractivity contribution >= 4 is 38.9 Å². The van der Waals surface area contributed by atoms with Gasteiger partial charge in [-0.25, -0.2) is 0 Å². The molecule has 0 aromatic carbocycles. The standard InChI is InChI=1S/C13H18BrClN4S/c1-16-12(11-6-9(14)8-20-11)13-10(15)7-17-19(13)5-4-18(2)3/h6-8,12,16H,4-5H2,1-3H3. The van der Waals surface area contributed by atoms with Gasteiger partial charge in [0.05, 0.1) is 29.5 Å². The molecule has 2 aromatic heterocycles. The molecular formula is C13H18BrClN4S. The minimum absolute atomic E-state index is 0.0588. The third-order valence-electron chi connectivity index (χ3n) is 3.03. The van der Waals surface area contributed by atoms with Crippen LogP contribution in [0.4, 0.5) is 0 Å². The second-order valence-electron chi connectivity index (χ2n) is 4.79. The number of likely N-dealkylation sites (N-methyl/N-ethyl adjacent to an activating group) is 1. The second-order valence-corrected chi connectivity index (χ2v) is 7.06. The van der Waals surface area contributed by atoms with Gasteiger partial charge >= 0.3 is 0 Å². The third kappa shape index (κ3) is 3.62. The first-order valence-corrected chi connectivity index (χ1v) is 8.35. The molecule has 4 nitrogen and oxygen atoms in total. The Morgan fingerprint density at radius 3 is 2.85 bits per heavy atom. The van der Waals surface area contributed by atoms with E-state index in [4.69, 9.17) is 11.6 Å². The van der Waals surface area contributed by atoms with E-state index >= 15 is 0 Å². The highest BCUT2D eigenvalue weighted by molar-refractivity contribution is 9.10. The summed E-state index contributed by atoms with van der Waals surface area (Å²) < 4.78 is 3.07. The Labute approximate surface area is 136 Å². The topological polar surface area (TPSA) is 33.1 Å². The number of thiophene rings is 1. The summed E-state index contributed by atoms with van der Waals surface area (Å²) in [6, 6.07) is 2.18. The van der Waals surface area contributed by atoms with E-state index in [1.165, 1.54) is 4.88 Å². The average Bonchev–Trinajstić information content (AvgIpc) is 2.97. The number of hydrogen-bond donors (Lipinski definition) is 1. The van der Waals surface area contributed by atoms with Crippen LogP contribution >= 0.6 is 38.9 Å². The molecule has 0 aliphatic rings. The number of nitrogens with one attached hydrogen (secondary N) is 1. The molecule has 0 amide bonds. The predicted molar refractivity (Wildman–Crippen MR) is 88.7 cm³/mol. The van der Waals surface area contributed by atoms with E-state index in [-0.39, 0.29) is 6.04 Å². The van der Waals surface area contributed by atoms with Gasteiger partial charge in [-0.2, -0.15) is 5.10 Å². The molecule has 0 saturated heterocycles. The molecule has 110 valence electrons. The van der Waals surface area contributed by atoms with Crippen molar-refractivity contribution in [1.82, 2.24) is 20.0 Å². The van der Waals surface area contributed by atoms with Crippen molar-refractivity contribution < 1.29 is 0 Å². The van der Waals surface area contributed by atoms with Crippen LogP contribution in [-0.4, -0.2) is 42.4 Å². The van der Waals surface area contributed by atoms with E-state index in [0.717, 1.165) is 23.3 Å². The van der Waals surface area contributed by atoms with Crippen LogP contribution in [0.3, 0.4) is 0 Å². The van der Waals surface area contributed by atoms with Crippen molar-refractivity contribution in [3.05, 3.63) is 37.7 Å². The predicted octanol–water partition coefficient (Wildman–Crippen LogP) is 3.23. The Morgan fingerprint density at radius 2 is 2.30 bits per heavy atom. The zero-order chi connectivity index (χ0) is 14.7. The Bertz CT molecular complexity index is 566. The number of aromatic nitrogens is 2. The first-order chi connectivity index (χ1) is 9.52. The van der Waals surface area contributed by atoms with Crippen LogP contribution in [0.2, 0.25) is 5.02 Å². The lowest BCUT2D eigenvalue weighted by Gasteiger charge is -2.18. The summed E-state index contributed by atoms with van der Waals surface area (Å²) in [5, 5.41) is 10.5. The van der Waals surface area contributed by atoms with Gasteiger partial charge in [0.15, 0.2) is 0 Å². The summed E-state index contributed by atoms with van der Waals surface area (Å²) in [4.78, 5) is 3.35. The zero-order valence-corrected chi connectivity index (χ0v) is 14.9. The lowest BCUT2D eigenvalue weighted by Crippen LogP contribution is -2.25. The summed E-state index contributed by atoms with van der Waals surface area (Å²) in [5.74, 6) is 0. The molecule has 0 saturated carbocycles. The smallest absolute Gasteiger partial charge is 0.0855 e. The maximum atomic E-state index is 6.35. The fourth-order valence-electron chi connectivity index (χ4n) is 2.03. The Kier molecular flexibility index (Phi) is 5.63. The molecule has 0 radical (unpaired) electrons. The largest absolute Gasteiger partial charge is 0.308 e. The Morgan fingerprint density at radius 1 is 1.55 bits per heavy atom. The van der Waals surface area contributed by atoms with E-state index in [2.05, 4.69) is 56.8 Å². The SMILES string of the molecule is CNC(c1cc(Br)cs1)c1c(Cl)cnn1CCN(C)C. The molecule has 2 rings (SSSR count). The molecule has 7 heteroatoms. The van der Waals surface area contributed by atoms with Gasteiger partial charge in [-0.1, -0.05) is 11.6 Å². The van der Waals surface area contributed by atoms with E-state index in [1.807, 2.05) is 11.7 Å². The molecule has 0 bridgehead atoms. The van der Waals surface area contributed by atoms with Crippen LogP contribution in [-0.2, 0) is 6.54 Å². The van der Waals surface area contributed by atoms with Crippen molar-refractivity contribution in [3.8, 4) is 0 Å². The van der Waals surface area contributed by atoms with Gasteiger partial charge in [0.1, 0.15) is 0 Å². The summed E-state index contributed by atoms with van der Waals surface area (Å²) >= 11 is 11.5. The molecule has 20 heavy (non-hydrogen) atoms. The first kappa shape index (κ1) is 16.0. The third-order valence-corrected chi connectivity index (χ3v) is 5.08.